The van der Waals surface area contributed by atoms with Crippen LogP contribution >= 0.6 is 0 Å². The summed E-state index contributed by atoms with van der Waals surface area (Å²) in [6.45, 7) is 13.0. The van der Waals surface area contributed by atoms with Gasteiger partial charge in [-0.15, -0.1) is 0 Å². The Morgan fingerprint density at radius 1 is 1.40 bits per heavy atom. The zero-order valence-corrected chi connectivity index (χ0v) is 13.5. The normalized spacial score (nSPS) is 15.5. The Labute approximate surface area is 123 Å². The van der Waals surface area contributed by atoms with Crippen molar-refractivity contribution >= 4 is 0 Å². The van der Waals surface area contributed by atoms with Crippen molar-refractivity contribution in [3.63, 3.8) is 0 Å². The van der Waals surface area contributed by atoms with Crippen molar-refractivity contribution in [1.82, 2.24) is 10.2 Å². The van der Waals surface area contributed by atoms with Crippen LogP contribution in [-0.2, 0) is 13.1 Å². The van der Waals surface area contributed by atoms with Crippen molar-refractivity contribution in [3.05, 3.63) is 23.2 Å². The lowest BCUT2D eigenvalue weighted by Crippen LogP contribution is -2.29. The van der Waals surface area contributed by atoms with Gasteiger partial charge in [0, 0.05) is 24.7 Å². The number of furan rings is 1. The predicted molar refractivity (Wildman–Crippen MR) is 83.7 cm³/mol. The van der Waals surface area contributed by atoms with E-state index in [4.69, 9.17) is 4.42 Å². The van der Waals surface area contributed by atoms with Crippen LogP contribution in [0.15, 0.2) is 10.5 Å². The summed E-state index contributed by atoms with van der Waals surface area (Å²) in [6, 6.07) is 3.04. The van der Waals surface area contributed by atoms with Gasteiger partial charge in [-0.3, -0.25) is 4.90 Å². The molecule has 0 unspecified atom stereocenters. The van der Waals surface area contributed by atoms with Crippen LogP contribution in [0.25, 0.3) is 0 Å². The zero-order chi connectivity index (χ0) is 14.5. The fourth-order valence-corrected chi connectivity index (χ4v) is 2.69. The number of nitrogens with zero attached hydrogens (tertiary/aromatic N) is 1. The van der Waals surface area contributed by atoms with Crippen molar-refractivity contribution in [2.24, 2.45) is 5.92 Å². The molecule has 0 saturated heterocycles. The second-order valence-corrected chi connectivity index (χ2v) is 6.53. The average Bonchev–Trinajstić information content (AvgIpc) is 3.15. The number of nitrogens with one attached hydrogen (secondary N) is 1. The van der Waals surface area contributed by atoms with Gasteiger partial charge in [-0.05, 0) is 44.7 Å². The van der Waals surface area contributed by atoms with Crippen LogP contribution in [0.4, 0.5) is 0 Å². The molecule has 2 rings (SSSR count). The Morgan fingerprint density at radius 2 is 2.15 bits per heavy atom. The quantitative estimate of drug-likeness (QED) is 0.698. The van der Waals surface area contributed by atoms with Crippen molar-refractivity contribution in [3.8, 4) is 0 Å². The van der Waals surface area contributed by atoms with Crippen LogP contribution in [0.2, 0.25) is 0 Å². The van der Waals surface area contributed by atoms with Gasteiger partial charge >= 0.3 is 0 Å². The summed E-state index contributed by atoms with van der Waals surface area (Å²) < 4.78 is 5.95. The zero-order valence-electron chi connectivity index (χ0n) is 13.5. The van der Waals surface area contributed by atoms with E-state index in [1.54, 1.807) is 0 Å². The molecule has 0 radical (unpaired) electrons. The maximum atomic E-state index is 5.95. The highest BCUT2D eigenvalue weighted by atomic mass is 16.3. The van der Waals surface area contributed by atoms with Gasteiger partial charge in [-0.1, -0.05) is 20.8 Å². The third kappa shape index (κ3) is 4.64. The predicted octanol–water partition coefficient (Wildman–Crippen LogP) is 3.71. The van der Waals surface area contributed by atoms with E-state index in [1.165, 1.54) is 31.4 Å². The molecule has 1 aliphatic rings. The molecular weight excluding hydrogens is 248 g/mol. The Balaban J connectivity index is 1.92. The summed E-state index contributed by atoms with van der Waals surface area (Å²) in [5, 5.41) is 3.45. The van der Waals surface area contributed by atoms with Gasteiger partial charge in [-0.25, -0.2) is 0 Å². The van der Waals surface area contributed by atoms with Gasteiger partial charge in [0.1, 0.15) is 11.5 Å². The Kier molecular flexibility index (Phi) is 5.67. The second kappa shape index (κ2) is 7.28. The summed E-state index contributed by atoms with van der Waals surface area (Å²) in [6.07, 6.45) is 3.89. The molecule has 1 N–H and O–H groups in total. The maximum absolute atomic E-state index is 5.95. The number of rotatable bonds is 9. The van der Waals surface area contributed by atoms with E-state index in [0.717, 1.165) is 43.1 Å². The molecule has 1 aromatic heterocycles. The summed E-state index contributed by atoms with van der Waals surface area (Å²) in [4.78, 5) is 2.59. The molecule has 0 amide bonds. The van der Waals surface area contributed by atoms with Crippen LogP contribution in [0.3, 0.4) is 0 Å². The minimum atomic E-state index is 0.720. The number of aryl methyl sites for hydroxylation is 1. The first-order valence-corrected chi connectivity index (χ1v) is 8.13. The molecule has 3 heteroatoms. The van der Waals surface area contributed by atoms with E-state index < -0.39 is 0 Å². The van der Waals surface area contributed by atoms with Crippen LogP contribution < -0.4 is 5.32 Å². The molecule has 1 saturated carbocycles. The van der Waals surface area contributed by atoms with E-state index in [0.29, 0.717) is 0 Å². The second-order valence-electron chi connectivity index (χ2n) is 6.53. The van der Waals surface area contributed by atoms with Crippen molar-refractivity contribution in [1.29, 1.82) is 0 Å². The molecule has 3 nitrogen and oxygen atoms in total. The summed E-state index contributed by atoms with van der Waals surface area (Å²) in [5.74, 6) is 2.92. The van der Waals surface area contributed by atoms with Gasteiger partial charge in [-0.2, -0.15) is 0 Å². The molecule has 1 aromatic rings. The minimum absolute atomic E-state index is 0.720. The maximum Gasteiger partial charge on any atom is 0.118 e. The van der Waals surface area contributed by atoms with Gasteiger partial charge in [0.2, 0.25) is 0 Å². The van der Waals surface area contributed by atoms with Crippen LogP contribution in [0.1, 0.15) is 57.1 Å². The first kappa shape index (κ1) is 15.6. The highest BCUT2D eigenvalue weighted by Crippen LogP contribution is 2.29. The molecule has 0 spiro atoms. The Hall–Kier alpha value is -0.800. The van der Waals surface area contributed by atoms with Gasteiger partial charge in [0.15, 0.2) is 0 Å². The Bertz CT molecular complexity index is 407. The molecule has 0 aromatic carbocycles. The van der Waals surface area contributed by atoms with Crippen LogP contribution in [0.5, 0.6) is 0 Å². The van der Waals surface area contributed by atoms with E-state index >= 15 is 0 Å². The highest BCUT2D eigenvalue weighted by Gasteiger charge is 2.30. The molecule has 1 fully saturated rings. The molecule has 0 aliphatic heterocycles. The fraction of sp³-hybridized carbons (Fsp3) is 0.765. The molecule has 20 heavy (non-hydrogen) atoms. The van der Waals surface area contributed by atoms with E-state index in [9.17, 15) is 0 Å². The first-order chi connectivity index (χ1) is 9.60. The molecule has 0 atom stereocenters. The van der Waals surface area contributed by atoms with E-state index in [1.807, 2.05) is 0 Å². The van der Waals surface area contributed by atoms with Crippen LogP contribution in [0, 0.1) is 12.8 Å². The average molecular weight is 278 g/mol. The molecule has 1 heterocycles. The summed E-state index contributed by atoms with van der Waals surface area (Å²) in [5.41, 5.74) is 1.31. The molecule has 1 aliphatic carbocycles. The summed E-state index contributed by atoms with van der Waals surface area (Å²) >= 11 is 0. The smallest absolute Gasteiger partial charge is 0.118 e. The largest absolute Gasteiger partial charge is 0.465 e. The summed E-state index contributed by atoms with van der Waals surface area (Å²) in [7, 11) is 0. The lowest BCUT2D eigenvalue weighted by atomic mass is 10.2. The first-order valence-electron chi connectivity index (χ1n) is 8.13. The molecule has 114 valence electrons. The van der Waals surface area contributed by atoms with Crippen molar-refractivity contribution in [2.45, 2.75) is 66.1 Å². The lowest BCUT2D eigenvalue weighted by Gasteiger charge is -2.22. The Morgan fingerprint density at radius 3 is 2.75 bits per heavy atom. The van der Waals surface area contributed by atoms with E-state index in [-0.39, 0.29) is 0 Å². The highest BCUT2D eigenvalue weighted by molar-refractivity contribution is 5.20. The monoisotopic (exact) mass is 278 g/mol. The fourth-order valence-electron chi connectivity index (χ4n) is 2.69. The lowest BCUT2D eigenvalue weighted by molar-refractivity contribution is 0.208. The minimum Gasteiger partial charge on any atom is -0.465 e. The van der Waals surface area contributed by atoms with Gasteiger partial charge in [0.25, 0.3) is 0 Å². The SMILES string of the molecule is CCCNCc1cc(CN(CC(C)C)C2CC2)oc1C. The van der Waals surface area contributed by atoms with Gasteiger partial charge < -0.3 is 9.73 Å². The number of hydrogen-bond acceptors (Lipinski definition) is 3. The standard InChI is InChI=1S/C17H30N2O/c1-5-8-18-10-15-9-17(20-14(15)4)12-19(11-13(2)3)16-6-7-16/h9,13,16,18H,5-8,10-12H2,1-4H3. The topological polar surface area (TPSA) is 28.4 Å². The third-order valence-corrected chi connectivity index (χ3v) is 3.84. The molecular formula is C17H30N2O. The number of hydrogen-bond donors (Lipinski definition) is 1. The third-order valence-electron chi connectivity index (χ3n) is 3.84. The van der Waals surface area contributed by atoms with Crippen molar-refractivity contribution in [2.75, 3.05) is 13.1 Å². The van der Waals surface area contributed by atoms with Crippen LogP contribution in [-0.4, -0.2) is 24.0 Å². The molecule has 0 bridgehead atoms. The van der Waals surface area contributed by atoms with Gasteiger partial charge in [0.05, 0.1) is 6.54 Å². The van der Waals surface area contributed by atoms with Crippen molar-refractivity contribution < 1.29 is 4.42 Å². The van der Waals surface area contributed by atoms with E-state index in [2.05, 4.69) is 44.0 Å².